The number of hydrogen-bond acceptors (Lipinski definition) is 8. The van der Waals surface area contributed by atoms with E-state index in [1.165, 1.54) is 20.1 Å². The van der Waals surface area contributed by atoms with Gasteiger partial charge in [0.15, 0.2) is 11.5 Å². The second-order valence-corrected chi connectivity index (χ2v) is 7.24. The monoisotopic (exact) mass is 417 g/mol. The molecule has 9 nitrogen and oxygen atoms in total. The highest BCUT2D eigenvalue weighted by Crippen LogP contribution is 2.35. The van der Waals surface area contributed by atoms with Gasteiger partial charge in [0.05, 0.1) is 12.9 Å². The molecular formula is C21H23NO8. The summed E-state index contributed by atoms with van der Waals surface area (Å²) in [5.74, 6) is 0.488. The van der Waals surface area contributed by atoms with Gasteiger partial charge in [0.1, 0.15) is 30.1 Å². The van der Waals surface area contributed by atoms with Crippen LogP contribution in [0.15, 0.2) is 47.1 Å². The van der Waals surface area contributed by atoms with Gasteiger partial charge < -0.3 is 33.8 Å². The molecule has 0 unspecified atom stereocenters. The molecule has 2 aromatic rings. The molecule has 0 radical (unpaired) electrons. The van der Waals surface area contributed by atoms with Crippen LogP contribution in [0.4, 0.5) is 0 Å². The Morgan fingerprint density at radius 1 is 1.13 bits per heavy atom. The first-order chi connectivity index (χ1) is 14.4. The Bertz CT molecular complexity index is 881. The fourth-order valence-corrected chi connectivity index (χ4v) is 3.55. The number of aliphatic hydroxyl groups excluding tert-OH is 1. The first kappa shape index (κ1) is 20.5. The number of hydrogen-bond donors (Lipinski definition) is 2. The number of rotatable bonds is 5. The van der Waals surface area contributed by atoms with Crippen LogP contribution in [0, 0.1) is 0 Å². The van der Waals surface area contributed by atoms with Crippen LogP contribution in [0.5, 0.6) is 5.75 Å². The molecule has 1 amide bonds. The molecule has 9 heteroatoms. The second-order valence-electron chi connectivity index (χ2n) is 7.24. The largest absolute Gasteiger partial charge is 0.464 e. The molecule has 4 rings (SSSR count). The van der Waals surface area contributed by atoms with Gasteiger partial charge in [-0.05, 0) is 43.3 Å². The Hall–Kier alpha value is -2.72. The quantitative estimate of drug-likeness (QED) is 0.704. The third kappa shape index (κ3) is 4.24. The highest BCUT2D eigenvalue weighted by Gasteiger charge is 2.51. The molecule has 2 N–H and O–H groups in total. The number of fused-ring (bicyclic) bond motifs is 1. The summed E-state index contributed by atoms with van der Waals surface area (Å²) in [5, 5.41) is 13.6. The zero-order valence-corrected chi connectivity index (χ0v) is 16.5. The summed E-state index contributed by atoms with van der Waals surface area (Å²) in [6.45, 7) is 2.96. The smallest absolute Gasteiger partial charge is 0.223 e. The fourth-order valence-electron chi connectivity index (χ4n) is 3.55. The lowest BCUT2D eigenvalue weighted by Gasteiger charge is -2.47. The molecule has 2 aliphatic heterocycles. The van der Waals surface area contributed by atoms with Crippen molar-refractivity contribution in [3.8, 4) is 5.75 Å². The van der Waals surface area contributed by atoms with E-state index in [2.05, 4.69) is 5.32 Å². The maximum absolute atomic E-state index is 11.7. The van der Waals surface area contributed by atoms with E-state index in [1.807, 2.05) is 0 Å². The van der Waals surface area contributed by atoms with Crippen molar-refractivity contribution < 1.29 is 38.1 Å². The number of amides is 1. The summed E-state index contributed by atoms with van der Waals surface area (Å²) >= 11 is 0. The minimum absolute atomic E-state index is 0.0625. The third-order valence-corrected chi connectivity index (χ3v) is 5.02. The highest BCUT2D eigenvalue weighted by atomic mass is 16.8. The summed E-state index contributed by atoms with van der Waals surface area (Å²) in [6.07, 6.45) is -2.75. The Kier molecular flexibility index (Phi) is 5.87. The van der Waals surface area contributed by atoms with Crippen molar-refractivity contribution in [2.45, 2.75) is 50.8 Å². The third-order valence-electron chi connectivity index (χ3n) is 5.02. The van der Waals surface area contributed by atoms with Crippen LogP contribution < -0.4 is 10.1 Å². The minimum Gasteiger partial charge on any atom is -0.464 e. The topological polar surface area (TPSA) is 116 Å². The van der Waals surface area contributed by atoms with Gasteiger partial charge >= 0.3 is 0 Å². The fraction of sp³-hybridized carbons (Fsp3) is 0.429. The van der Waals surface area contributed by atoms with Crippen molar-refractivity contribution in [3.63, 3.8) is 0 Å². The molecule has 0 bridgehead atoms. The summed E-state index contributed by atoms with van der Waals surface area (Å²) < 4.78 is 28.7. The maximum Gasteiger partial charge on any atom is 0.223 e. The molecule has 2 fully saturated rings. The molecule has 160 valence electrons. The van der Waals surface area contributed by atoms with Crippen molar-refractivity contribution in [2.75, 3.05) is 6.61 Å². The van der Waals surface area contributed by atoms with E-state index in [0.29, 0.717) is 17.1 Å². The lowest BCUT2D eigenvalue weighted by Crippen LogP contribution is -2.67. The first-order valence-electron chi connectivity index (χ1n) is 9.61. The van der Waals surface area contributed by atoms with Gasteiger partial charge in [-0.3, -0.25) is 9.59 Å². The summed E-state index contributed by atoms with van der Waals surface area (Å²) in [5.41, 5.74) is 0.545. The van der Waals surface area contributed by atoms with Crippen molar-refractivity contribution in [3.05, 3.63) is 54.0 Å². The van der Waals surface area contributed by atoms with Gasteiger partial charge in [-0.1, -0.05) is 0 Å². The van der Waals surface area contributed by atoms with E-state index in [0.717, 1.165) is 0 Å². The van der Waals surface area contributed by atoms with Crippen molar-refractivity contribution in [2.24, 2.45) is 0 Å². The molecule has 6 atom stereocenters. The van der Waals surface area contributed by atoms with E-state index in [-0.39, 0.29) is 18.3 Å². The summed E-state index contributed by atoms with van der Waals surface area (Å²) in [6, 6.07) is 9.06. The maximum atomic E-state index is 11.7. The normalized spacial score (nSPS) is 30.9. The molecule has 3 heterocycles. The second kappa shape index (κ2) is 8.57. The lowest BCUT2D eigenvalue weighted by atomic mass is 9.96. The Labute approximate surface area is 172 Å². The predicted octanol–water partition coefficient (Wildman–Crippen LogP) is 1.57. The number of furan rings is 1. The lowest BCUT2D eigenvalue weighted by molar-refractivity contribution is -0.336. The molecule has 2 aliphatic rings. The van der Waals surface area contributed by atoms with Crippen molar-refractivity contribution in [1.82, 2.24) is 5.32 Å². The Morgan fingerprint density at radius 2 is 1.90 bits per heavy atom. The van der Waals surface area contributed by atoms with E-state index in [1.54, 1.807) is 36.4 Å². The van der Waals surface area contributed by atoms with Crippen LogP contribution in [0.3, 0.4) is 0 Å². The van der Waals surface area contributed by atoms with Gasteiger partial charge in [0.25, 0.3) is 0 Å². The summed E-state index contributed by atoms with van der Waals surface area (Å²) in [7, 11) is 0. The molecule has 30 heavy (non-hydrogen) atoms. The van der Waals surface area contributed by atoms with Gasteiger partial charge in [-0.25, -0.2) is 0 Å². The molecular weight excluding hydrogens is 394 g/mol. The molecule has 0 spiro atoms. The van der Waals surface area contributed by atoms with Crippen molar-refractivity contribution in [1.29, 1.82) is 0 Å². The predicted molar refractivity (Wildman–Crippen MR) is 102 cm³/mol. The van der Waals surface area contributed by atoms with Crippen LogP contribution in [-0.2, 0) is 19.0 Å². The molecule has 2 saturated heterocycles. The molecule has 1 aromatic carbocycles. The van der Waals surface area contributed by atoms with Crippen LogP contribution >= 0.6 is 0 Å². The standard InChI is InChI=1S/C21H23NO8/c1-11(23)13-5-7-14(8-6-13)28-21-17(22-12(2)24)18(25)19-16(29-21)10-27-20(30-19)15-4-3-9-26-15/h3-9,16-21,25H,10H2,1-2H3,(H,22,24)/t16-,17-,18-,19-,20-,21-/m1/s1. The summed E-state index contributed by atoms with van der Waals surface area (Å²) in [4.78, 5) is 23.2. The van der Waals surface area contributed by atoms with Crippen LogP contribution in [-0.4, -0.2) is 54.0 Å². The zero-order chi connectivity index (χ0) is 21.3. The van der Waals surface area contributed by atoms with E-state index in [9.17, 15) is 14.7 Å². The van der Waals surface area contributed by atoms with Crippen LogP contribution in [0.25, 0.3) is 0 Å². The number of benzene rings is 1. The number of carbonyl (C=O) groups excluding carboxylic acids is 2. The average molecular weight is 417 g/mol. The molecule has 0 aliphatic carbocycles. The number of aliphatic hydroxyl groups is 1. The SMILES string of the molecule is CC(=O)N[C@H]1[C@H](Oc2ccc(C(C)=O)cc2)O[C@@H]2CO[C@@H](c3ccco3)O[C@H]2[C@@H]1O. The Balaban J connectivity index is 1.51. The molecule has 0 saturated carbocycles. The van der Waals surface area contributed by atoms with E-state index in [4.69, 9.17) is 23.4 Å². The van der Waals surface area contributed by atoms with Gasteiger partial charge in [-0.15, -0.1) is 0 Å². The van der Waals surface area contributed by atoms with Gasteiger partial charge in [-0.2, -0.15) is 0 Å². The first-order valence-corrected chi connectivity index (χ1v) is 9.61. The average Bonchev–Trinajstić information content (AvgIpc) is 3.26. The molecule has 1 aromatic heterocycles. The number of ketones is 1. The minimum atomic E-state index is -1.12. The Morgan fingerprint density at radius 3 is 2.53 bits per heavy atom. The van der Waals surface area contributed by atoms with Gasteiger partial charge in [0, 0.05) is 12.5 Å². The number of Topliss-reactive ketones (excluding diaryl/α,β-unsaturated/α-hetero) is 1. The van der Waals surface area contributed by atoms with Crippen LogP contribution in [0.1, 0.15) is 36.3 Å². The number of ether oxygens (including phenoxy) is 4. The number of nitrogens with one attached hydrogen (secondary N) is 1. The highest BCUT2D eigenvalue weighted by molar-refractivity contribution is 5.94. The van der Waals surface area contributed by atoms with Crippen molar-refractivity contribution >= 4 is 11.7 Å². The number of carbonyl (C=O) groups is 2. The van der Waals surface area contributed by atoms with Crippen LogP contribution in [0.2, 0.25) is 0 Å². The zero-order valence-electron chi connectivity index (χ0n) is 16.5. The van der Waals surface area contributed by atoms with E-state index >= 15 is 0 Å². The van der Waals surface area contributed by atoms with E-state index < -0.39 is 36.9 Å². The van der Waals surface area contributed by atoms with Gasteiger partial charge in [0.2, 0.25) is 18.5 Å².